The predicted molar refractivity (Wildman–Crippen MR) is 121 cm³/mol. The molecule has 31 heavy (non-hydrogen) atoms. The maximum Gasteiger partial charge on any atom is 0.306 e. The van der Waals surface area contributed by atoms with Crippen molar-refractivity contribution in [3.8, 4) is 0 Å². The zero-order chi connectivity index (χ0) is 22.6. The summed E-state index contributed by atoms with van der Waals surface area (Å²) < 4.78 is 5.11. The monoisotopic (exact) mass is 430 g/mol. The number of aliphatic hydroxyl groups excluding tert-OH is 2. The second kappa shape index (κ2) is 13.4. The van der Waals surface area contributed by atoms with Gasteiger partial charge in [0.1, 0.15) is 5.78 Å². The molecule has 172 valence electrons. The molecule has 0 amide bonds. The third kappa shape index (κ3) is 9.36. The fraction of sp³-hybridized carbons (Fsp3) is 0.615. The smallest absolute Gasteiger partial charge is 0.306 e. The Hall–Kier alpha value is -1.98. The zero-order valence-corrected chi connectivity index (χ0v) is 18.9. The van der Waals surface area contributed by atoms with E-state index in [0.29, 0.717) is 32.1 Å². The van der Waals surface area contributed by atoms with E-state index in [1.54, 1.807) is 0 Å². The Labute approximate surface area is 186 Å². The standard InChI is InChI=1S/C26H38O5/c1-19(2)31-26(30)13-9-4-3-8-12-22-23(25(29)18-24(22)28)17-16-21(27)15-14-20-10-6-5-7-11-20/h3,5-8,10-11,19,21-24,27-28H,4,9,12-18H2,1-2H3/b8-3+/t21-,22+,23+,24-/m0/s1. The highest BCUT2D eigenvalue weighted by atomic mass is 16.5. The molecule has 0 aliphatic heterocycles. The summed E-state index contributed by atoms with van der Waals surface area (Å²) >= 11 is 0. The Morgan fingerprint density at radius 2 is 1.94 bits per heavy atom. The minimum atomic E-state index is -0.607. The molecule has 1 aromatic rings. The normalized spacial score (nSPS) is 22.4. The van der Waals surface area contributed by atoms with Gasteiger partial charge in [-0.1, -0.05) is 42.5 Å². The lowest BCUT2D eigenvalue weighted by atomic mass is 9.86. The molecule has 0 aromatic heterocycles. The molecule has 0 saturated heterocycles. The van der Waals surface area contributed by atoms with Gasteiger partial charge >= 0.3 is 5.97 Å². The topological polar surface area (TPSA) is 83.8 Å². The van der Waals surface area contributed by atoms with Gasteiger partial charge in [0.05, 0.1) is 18.3 Å². The molecule has 1 saturated carbocycles. The molecule has 2 rings (SSSR count). The average molecular weight is 431 g/mol. The third-order valence-electron chi connectivity index (χ3n) is 5.95. The van der Waals surface area contributed by atoms with Crippen molar-refractivity contribution >= 4 is 11.8 Å². The van der Waals surface area contributed by atoms with Gasteiger partial charge in [-0.2, -0.15) is 0 Å². The lowest BCUT2D eigenvalue weighted by Crippen LogP contribution is -2.22. The summed E-state index contributed by atoms with van der Waals surface area (Å²) in [5, 5.41) is 20.7. The molecular formula is C26H38O5. The van der Waals surface area contributed by atoms with Crippen LogP contribution in [0.3, 0.4) is 0 Å². The number of allylic oxidation sites excluding steroid dienone is 2. The van der Waals surface area contributed by atoms with Crippen molar-refractivity contribution in [3.05, 3.63) is 48.0 Å². The van der Waals surface area contributed by atoms with Crippen LogP contribution in [0.15, 0.2) is 42.5 Å². The summed E-state index contributed by atoms with van der Waals surface area (Å²) in [7, 11) is 0. The number of aryl methyl sites for hydroxylation is 1. The van der Waals surface area contributed by atoms with Crippen LogP contribution in [0.1, 0.15) is 70.8 Å². The Kier molecular flexibility index (Phi) is 11.0. The van der Waals surface area contributed by atoms with Gasteiger partial charge in [0.25, 0.3) is 0 Å². The van der Waals surface area contributed by atoms with E-state index in [1.807, 2.05) is 44.2 Å². The van der Waals surface area contributed by atoms with Crippen molar-refractivity contribution < 1.29 is 24.5 Å². The third-order valence-corrected chi connectivity index (χ3v) is 5.95. The molecule has 2 N–H and O–H groups in total. The van der Waals surface area contributed by atoms with Crippen LogP contribution >= 0.6 is 0 Å². The number of rotatable bonds is 13. The van der Waals surface area contributed by atoms with E-state index in [-0.39, 0.29) is 36.1 Å². The van der Waals surface area contributed by atoms with Crippen molar-refractivity contribution in [1.82, 2.24) is 0 Å². The van der Waals surface area contributed by atoms with E-state index >= 15 is 0 Å². The van der Waals surface area contributed by atoms with E-state index in [2.05, 4.69) is 12.1 Å². The van der Waals surface area contributed by atoms with Gasteiger partial charge in [-0.15, -0.1) is 0 Å². The lowest BCUT2D eigenvalue weighted by molar-refractivity contribution is -0.147. The number of hydrogen-bond donors (Lipinski definition) is 2. The van der Waals surface area contributed by atoms with Crippen LogP contribution in [0.4, 0.5) is 0 Å². The molecule has 5 heteroatoms. The Balaban J connectivity index is 1.71. The number of aliphatic hydroxyl groups is 2. The second-order valence-corrected chi connectivity index (χ2v) is 8.90. The SMILES string of the molecule is CC(C)OC(=O)CCC/C=C/C[C@H]1[C@@H](O)CC(=O)[C@@H]1CC[C@@H](O)CCc1ccccc1. The average Bonchev–Trinajstić information content (AvgIpc) is 3.00. The predicted octanol–water partition coefficient (Wildman–Crippen LogP) is 4.39. The molecule has 1 fully saturated rings. The Morgan fingerprint density at radius 1 is 1.19 bits per heavy atom. The van der Waals surface area contributed by atoms with E-state index in [0.717, 1.165) is 19.3 Å². The van der Waals surface area contributed by atoms with Crippen LogP contribution < -0.4 is 0 Å². The summed E-state index contributed by atoms with van der Waals surface area (Å²) in [5.74, 6) is -0.341. The molecule has 1 aliphatic carbocycles. The van der Waals surface area contributed by atoms with E-state index in [4.69, 9.17) is 4.74 Å². The summed E-state index contributed by atoms with van der Waals surface area (Å²) in [4.78, 5) is 23.9. The number of benzene rings is 1. The van der Waals surface area contributed by atoms with Crippen LogP contribution in [0, 0.1) is 11.8 Å². The molecular weight excluding hydrogens is 392 g/mol. The molecule has 5 nitrogen and oxygen atoms in total. The number of carbonyl (C=O) groups excluding carboxylic acids is 2. The zero-order valence-electron chi connectivity index (χ0n) is 18.9. The van der Waals surface area contributed by atoms with Crippen molar-refractivity contribution in [3.63, 3.8) is 0 Å². The van der Waals surface area contributed by atoms with Crippen molar-refractivity contribution in [2.45, 2.75) is 89.9 Å². The van der Waals surface area contributed by atoms with Crippen molar-refractivity contribution in [2.75, 3.05) is 0 Å². The lowest BCUT2D eigenvalue weighted by Gasteiger charge is -2.21. The van der Waals surface area contributed by atoms with Gasteiger partial charge in [-0.05, 0) is 70.3 Å². The maximum atomic E-state index is 12.4. The number of hydrogen-bond acceptors (Lipinski definition) is 5. The highest BCUT2D eigenvalue weighted by molar-refractivity contribution is 5.84. The first-order valence-corrected chi connectivity index (χ1v) is 11.6. The Morgan fingerprint density at radius 3 is 2.65 bits per heavy atom. The summed E-state index contributed by atoms with van der Waals surface area (Å²) in [6.45, 7) is 3.68. The molecule has 0 spiro atoms. The fourth-order valence-corrected chi connectivity index (χ4v) is 4.26. The highest BCUT2D eigenvalue weighted by Crippen LogP contribution is 2.35. The highest BCUT2D eigenvalue weighted by Gasteiger charge is 2.40. The van der Waals surface area contributed by atoms with Gasteiger partial charge in [0.2, 0.25) is 0 Å². The minimum absolute atomic E-state index is 0.0850. The fourth-order valence-electron chi connectivity index (χ4n) is 4.26. The minimum Gasteiger partial charge on any atom is -0.463 e. The maximum absolute atomic E-state index is 12.4. The molecule has 1 aliphatic rings. The summed E-state index contributed by atoms with van der Waals surface area (Å²) in [6.07, 6.45) is 8.35. The largest absolute Gasteiger partial charge is 0.463 e. The van der Waals surface area contributed by atoms with Gasteiger partial charge in [0.15, 0.2) is 0 Å². The number of esters is 1. The number of ketones is 1. The van der Waals surface area contributed by atoms with Crippen LogP contribution in [0.5, 0.6) is 0 Å². The molecule has 0 bridgehead atoms. The molecule has 1 aromatic carbocycles. The van der Waals surface area contributed by atoms with E-state index < -0.39 is 12.2 Å². The summed E-state index contributed by atoms with van der Waals surface area (Å²) in [6, 6.07) is 10.1. The number of unbranched alkanes of at least 4 members (excludes halogenated alkanes) is 1. The van der Waals surface area contributed by atoms with Gasteiger partial charge in [-0.25, -0.2) is 0 Å². The quantitative estimate of drug-likeness (QED) is 0.275. The first-order valence-electron chi connectivity index (χ1n) is 11.6. The number of ether oxygens (including phenoxy) is 1. The number of Topliss-reactive ketones (excluding diaryl/α,β-unsaturated/α-hetero) is 1. The van der Waals surface area contributed by atoms with E-state index in [1.165, 1.54) is 5.56 Å². The molecule has 0 heterocycles. The van der Waals surface area contributed by atoms with Crippen molar-refractivity contribution in [1.29, 1.82) is 0 Å². The molecule has 4 atom stereocenters. The van der Waals surface area contributed by atoms with Crippen LogP contribution in [-0.2, 0) is 20.7 Å². The van der Waals surface area contributed by atoms with Gasteiger partial charge < -0.3 is 14.9 Å². The number of carbonyl (C=O) groups is 2. The van der Waals surface area contributed by atoms with Gasteiger partial charge in [-0.3, -0.25) is 9.59 Å². The summed E-state index contributed by atoms with van der Waals surface area (Å²) in [5.41, 5.74) is 1.20. The van der Waals surface area contributed by atoms with Crippen LogP contribution in [0.2, 0.25) is 0 Å². The van der Waals surface area contributed by atoms with Gasteiger partial charge in [0, 0.05) is 18.8 Å². The molecule has 0 radical (unpaired) electrons. The first kappa shape index (κ1) is 25.3. The van der Waals surface area contributed by atoms with Crippen molar-refractivity contribution in [2.24, 2.45) is 11.8 Å². The Bertz CT molecular complexity index is 697. The van der Waals surface area contributed by atoms with E-state index in [9.17, 15) is 19.8 Å². The van der Waals surface area contributed by atoms with Crippen LogP contribution in [0.25, 0.3) is 0 Å². The second-order valence-electron chi connectivity index (χ2n) is 8.90. The molecule has 0 unspecified atom stereocenters. The first-order chi connectivity index (χ1) is 14.9. The van der Waals surface area contributed by atoms with Crippen LogP contribution in [-0.4, -0.2) is 40.3 Å².